The van der Waals surface area contributed by atoms with Crippen LogP contribution in [0.3, 0.4) is 0 Å². The zero-order valence-corrected chi connectivity index (χ0v) is 15.1. The Morgan fingerprint density at radius 2 is 1.85 bits per heavy atom. The van der Waals surface area contributed by atoms with Crippen molar-refractivity contribution in [1.82, 2.24) is 0 Å². The second-order valence-electron chi connectivity index (χ2n) is 6.00. The Kier molecular flexibility index (Phi) is 5.40. The number of hydrogen-bond acceptors (Lipinski definition) is 5. The summed E-state index contributed by atoms with van der Waals surface area (Å²) >= 11 is 0. The number of carbonyl (C=O) groups excluding carboxylic acids is 3. The lowest BCUT2D eigenvalue weighted by Gasteiger charge is -2.32. The van der Waals surface area contributed by atoms with E-state index in [0.29, 0.717) is 29.3 Å². The second-order valence-corrected chi connectivity index (χ2v) is 6.00. The van der Waals surface area contributed by atoms with Gasteiger partial charge in [-0.25, -0.2) is 4.79 Å². The summed E-state index contributed by atoms with van der Waals surface area (Å²) in [5, 5.41) is 2.73. The van der Waals surface area contributed by atoms with E-state index in [1.165, 1.54) is 4.90 Å². The van der Waals surface area contributed by atoms with E-state index in [0.717, 1.165) is 0 Å². The first-order valence-corrected chi connectivity index (χ1v) is 8.63. The van der Waals surface area contributed by atoms with Crippen molar-refractivity contribution in [2.75, 3.05) is 23.4 Å². The average Bonchev–Trinajstić information content (AvgIpc) is 2.66. The average molecular weight is 368 g/mol. The number of rotatable bonds is 5. The van der Waals surface area contributed by atoms with Crippen LogP contribution in [-0.4, -0.2) is 37.0 Å². The SMILES string of the molecule is CCOC(=O)c1ccc(NC(=O)CN2C(=O)C(C)Oc3ccccc32)cc1. The maximum absolute atomic E-state index is 12.4. The van der Waals surface area contributed by atoms with Crippen LogP contribution in [0.15, 0.2) is 48.5 Å². The molecule has 3 rings (SSSR count). The van der Waals surface area contributed by atoms with Crippen molar-refractivity contribution in [2.24, 2.45) is 0 Å². The summed E-state index contributed by atoms with van der Waals surface area (Å²) in [7, 11) is 0. The van der Waals surface area contributed by atoms with E-state index in [4.69, 9.17) is 9.47 Å². The molecule has 0 saturated carbocycles. The number of fused-ring (bicyclic) bond motifs is 1. The third-order valence-electron chi connectivity index (χ3n) is 4.06. The fourth-order valence-electron chi connectivity index (χ4n) is 2.77. The second kappa shape index (κ2) is 7.90. The summed E-state index contributed by atoms with van der Waals surface area (Å²) in [6, 6.07) is 13.5. The Morgan fingerprint density at radius 1 is 1.15 bits per heavy atom. The van der Waals surface area contributed by atoms with Gasteiger partial charge >= 0.3 is 5.97 Å². The van der Waals surface area contributed by atoms with Crippen molar-refractivity contribution < 1.29 is 23.9 Å². The van der Waals surface area contributed by atoms with Crippen LogP contribution in [0.1, 0.15) is 24.2 Å². The van der Waals surface area contributed by atoms with E-state index < -0.39 is 12.1 Å². The van der Waals surface area contributed by atoms with Crippen molar-refractivity contribution in [3.8, 4) is 5.75 Å². The third-order valence-corrected chi connectivity index (χ3v) is 4.06. The predicted molar refractivity (Wildman–Crippen MR) is 99.9 cm³/mol. The topological polar surface area (TPSA) is 84.9 Å². The summed E-state index contributed by atoms with van der Waals surface area (Å²) in [6.45, 7) is 3.55. The number of amides is 2. The molecule has 7 nitrogen and oxygen atoms in total. The lowest BCUT2D eigenvalue weighted by Crippen LogP contribution is -2.47. The molecule has 1 atom stereocenters. The quantitative estimate of drug-likeness (QED) is 0.820. The summed E-state index contributed by atoms with van der Waals surface area (Å²) in [4.78, 5) is 37.9. The van der Waals surface area contributed by atoms with Gasteiger partial charge in [-0.1, -0.05) is 12.1 Å². The minimum absolute atomic E-state index is 0.136. The van der Waals surface area contributed by atoms with Crippen LogP contribution in [0.4, 0.5) is 11.4 Å². The van der Waals surface area contributed by atoms with Crippen LogP contribution >= 0.6 is 0 Å². The first-order chi connectivity index (χ1) is 13.0. The lowest BCUT2D eigenvalue weighted by atomic mass is 10.2. The van der Waals surface area contributed by atoms with Crippen LogP contribution in [0.25, 0.3) is 0 Å². The van der Waals surface area contributed by atoms with Gasteiger partial charge in [0.2, 0.25) is 5.91 Å². The Morgan fingerprint density at radius 3 is 2.56 bits per heavy atom. The number of carbonyl (C=O) groups is 3. The largest absolute Gasteiger partial charge is 0.479 e. The van der Waals surface area contributed by atoms with Crippen molar-refractivity contribution in [3.63, 3.8) is 0 Å². The molecular formula is C20H20N2O5. The molecule has 0 fully saturated rings. The highest BCUT2D eigenvalue weighted by molar-refractivity contribution is 6.06. The van der Waals surface area contributed by atoms with Crippen LogP contribution in [0, 0.1) is 0 Å². The van der Waals surface area contributed by atoms with Crippen molar-refractivity contribution >= 4 is 29.2 Å². The van der Waals surface area contributed by atoms with Crippen molar-refractivity contribution in [1.29, 1.82) is 0 Å². The standard InChI is InChI=1S/C20H20N2O5/c1-3-26-20(25)14-8-10-15(11-9-14)21-18(23)12-22-16-6-4-5-7-17(16)27-13(2)19(22)24/h4-11,13H,3,12H2,1-2H3,(H,21,23). The van der Waals surface area contributed by atoms with E-state index in [2.05, 4.69) is 5.32 Å². The number of nitrogens with one attached hydrogen (secondary N) is 1. The Labute approximate surface area is 156 Å². The molecule has 2 aromatic carbocycles. The summed E-state index contributed by atoms with van der Waals surface area (Å²) in [6.07, 6.45) is -0.656. The number of ether oxygens (including phenoxy) is 2. The maximum Gasteiger partial charge on any atom is 0.338 e. The van der Waals surface area contributed by atoms with E-state index in [1.807, 2.05) is 6.07 Å². The van der Waals surface area contributed by atoms with Gasteiger partial charge in [0.25, 0.3) is 5.91 Å². The highest BCUT2D eigenvalue weighted by Gasteiger charge is 2.32. The predicted octanol–water partition coefficient (Wildman–Crippen LogP) is 2.62. The van der Waals surface area contributed by atoms with Crippen LogP contribution in [0.2, 0.25) is 0 Å². The Balaban J connectivity index is 1.69. The summed E-state index contributed by atoms with van der Waals surface area (Å²) in [5.74, 6) is -0.478. The Hall–Kier alpha value is -3.35. The van der Waals surface area contributed by atoms with Gasteiger partial charge in [0.1, 0.15) is 12.3 Å². The first kappa shape index (κ1) is 18.4. The van der Waals surface area contributed by atoms with Crippen LogP contribution < -0.4 is 15.0 Å². The molecule has 0 radical (unpaired) electrons. The number of esters is 1. The van der Waals surface area contributed by atoms with E-state index in [1.54, 1.807) is 56.3 Å². The van der Waals surface area contributed by atoms with Crippen LogP contribution in [-0.2, 0) is 14.3 Å². The number of hydrogen-bond donors (Lipinski definition) is 1. The molecule has 1 aliphatic rings. The van der Waals surface area contributed by atoms with Crippen LogP contribution in [0.5, 0.6) is 5.75 Å². The van der Waals surface area contributed by atoms with Gasteiger partial charge in [-0.2, -0.15) is 0 Å². The minimum atomic E-state index is -0.656. The molecule has 0 bridgehead atoms. The molecule has 7 heteroatoms. The highest BCUT2D eigenvalue weighted by atomic mass is 16.5. The minimum Gasteiger partial charge on any atom is -0.479 e. The van der Waals surface area contributed by atoms with Gasteiger partial charge in [-0.05, 0) is 50.2 Å². The molecule has 1 heterocycles. The van der Waals surface area contributed by atoms with E-state index in [-0.39, 0.29) is 18.4 Å². The van der Waals surface area contributed by atoms with E-state index in [9.17, 15) is 14.4 Å². The normalized spacial score (nSPS) is 15.6. The van der Waals surface area contributed by atoms with Gasteiger partial charge < -0.3 is 14.8 Å². The molecule has 1 N–H and O–H groups in total. The van der Waals surface area contributed by atoms with Gasteiger partial charge in [-0.3, -0.25) is 14.5 Å². The molecule has 0 aliphatic carbocycles. The smallest absolute Gasteiger partial charge is 0.338 e. The first-order valence-electron chi connectivity index (χ1n) is 8.63. The molecule has 140 valence electrons. The monoisotopic (exact) mass is 368 g/mol. The maximum atomic E-state index is 12.4. The molecule has 27 heavy (non-hydrogen) atoms. The molecular weight excluding hydrogens is 348 g/mol. The molecule has 0 spiro atoms. The molecule has 1 aliphatic heterocycles. The lowest BCUT2D eigenvalue weighted by molar-refractivity contribution is -0.127. The summed E-state index contributed by atoms with van der Waals surface area (Å²) in [5.41, 5.74) is 1.49. The fraction of sp³-hybridized carbons (Fsp3) is 0.250. The summed E-state index contributed by atoms with van der Waals surface area (Å²) < 4.78 is 10.5. The van der Waals surface area contributed by atoms with Gasteiger partial charge in [-0.15, -0.1) is 0 Å². The van der Waals surface area contributed by atoms with Crippen molar-refractivity contribution in [2.45, 2.75) is 20.0 Å². The fourth-order valence-corrected chi connectivity index (χ4v) is 2.77. The van der Waals surface area contributed by atoms with E-state index >= 15 is 0 Å². The molecule has 2 amide bonds. The highest BCUT2D eigenvalue weighted by Crippen LogP contribution is 2.33. The van der Waals surface area contributed by atoms with Gasteiger partial charge in [0.05, 0.1) is 17.9 Å². The van der Waals surface area contributed by atoms with Crippen molar-refractivity contribution in [3.05, 3.63) is 54.1 Å². The zero-order chi connectivity index (χ0) is 19.4. The number of para-hydroxylation sites is 2. The Bertz CT molecular complexity index is 863. The molecule has 0 aromatic heterocycles. The molecule has 0 saturated heterocycles. The molecule has 1 unspecified atom stereocenters. The number of benzene rings is 2. The van der Waals surface area contributed by atoms with Gasteiger partial charge in [0, 0.05) is 5.69 Å². The molecule has 2 aromatic rings. The number of nitrogens with zero attached hydrogens (tertiary/aromatic N) is 1. The zero-order valence-electron chi connectivity index (χ0n) is 15.1. The number of anilines is 2. The van der Waals surface area contributed by atoms with Gasteiger partial charge in [0.15, 0.2) is 6.10 Å². The third kappa shape index (κ3) is 4.08.